The Morgan fingerprint density at radius 3 is 2.11 bits per heavy atom. The molecule has 1 aromatic rings. The molecule has 0 radical (unpaired) electrons. The van der Waals surface area contributed by atoms with Crippen molar-refractivity contribution in [3.63, 3.8) is 0 Å². The number of hydrogen-bond acceptors (Lipinski definition) is 4. The van der Waals surface area contributed by atoms with Crippen molar-refractivity contribution in [2.24, 2.45) is 0 Å². The summed E-state index contributed by atoms with van der Waals surface area (Å²) in [6.07, 6.45) is -0.0713. The van der Waals surface area contributed by atoms with E-state index in [0.29, 0.717) is 23.7 Å². The summed E-state index contributed by atoms with van der Waals surface area (Å²) in [6.45, 7) is 5.48. The third-order valence-corrected chi connectivity index (χ3v) is 2.70. The highest BCUT2D eigenvalue weighted by Crippen LogP contribution is 2.39. The molecule has 1 rings (SSSR count). The van der Waals surface area contributed by atoms with Gasteiger partial charge in [-0.05, 0) is 31.5 Å². The summed E-state index contributed by atoms with van der Waals surface area (Å²) >= 11 is 0. The van der Waals surface area contributed by atoms with Gasteiger partial charge < -0.3 is 14.2 Å². The van der Waals surface area contributed by atoms with Crippen molar-refractivity contribution in [1.29, 1.82) is 0 Å². The van der Waals surface area contributed by atoms with Crippen LogP contribution in [0.2, 0.25) is 0 Å². The van der Waals surface area contributed by atoms with Crippen LogP contribution in [0.4, 0.5) is 0 Å². The largest absolute Gasteiger partial charge is 0.493 e. The zero-order chi connectivity index (χ0) is 13.7. The lowest BCUT2D eigenvalue weighted by atomic mass is 10.2. The summed E-state index contributed by atoms with van der Waals surface area (Å²) < 4.78 is 16.2. The van der Waals surface area contributed by atoms with Crippen molar-refractivity contribution in [1.82, 2.24) is 0 Å². The number of Topliss-reactive ketones (excluding diaryl/α,β-unsaturated/α-hetero) is 1. The Hall–Kier alpha value is -1.71. The molecule has 0 aliphatic heterocycles. The Morgan fingerprint density at radius 1 is 1.22 bits per heavy atom. The summed E-state index contributed by atoms with van der Waals surface area (Å²) in [5.74, 6) is 1.66. The van der Waals surface area contributed by atoms with E-state index in [4.69, 9.17) is 14.2 Å². The maximum atomic E-state index is 11.6. The van der Waals surface area contributed by atoms with Crippen molar-refractivity contribution in [3.05, 3.63) is 17.7 Å². The molecule has 18 heavy (non-hydrogen) atoms. The lowest BCUT2D eigenvalue weighted by Gasteiger charge is -2.18. The predicted octanol–water partition coefficient (Wildman–Crippen LogP) is 2.76. The van der Waals surface area contributed by atoms with Crippen LogP contribution in [-0.2, 0) is 4.79 Å². The molecule has 0 heterocycles. The Balaban J connectivity index is 3.09. The Kier molecular flexibility index (Phi) is 5.01. The number of carbonyl (C=O) groups is 1. The monoisotopic (exact) mass is 252 g/mol. The van der Waals surface area contributed by atoms with E-state index < -0.39 is 6.10 Å². The van der Waals surface area contributed by atoms with Crippen LogP contribution in [0.25, 0.3) is 0 Å². The molecule has 100 valence electrons. The van der Waals surface area contributed by atoms with Crippen LogP contribution in [0.3, 0.4) is 0 Å². The molecule has 0 bridgehead atoms. The first kappa shape index (κ1) is 14.4. The van der Waals surface area contributed by atoms with Gasteiger partial charge in [0.25, 0.3) is 0 Å². The highest BCUT2D eigenvalue weighted by atomic mass is 16.5. The van der Waals surface area contributed by atoms with Gasteiger partial charge in [-0.1, -0.05) is 6.92 Å². The van der Waals surface area contributed by atoms with Crippen molar-refractivity contribution in [2.75, 3.05) is 14.2 Å². The van der Waals surface area contributed by atoms with Gasteiger partial charge in [0.05, 0.1) is 14.2 Å². The highest BCUT2D eigenvalue weighted by molar-refractivity contribution is 5.82. The van der Waals surface area contributed by atoms with Crippen molar-refractivity contribution in [3.8, 4) is 17.2 Å². The second kappa shape index (κ2) is 6.28. The van der Waals surface area contributed by atoms with E-state index >= 15 is 0 Å². The smallest absolute Gasteiger partial charge is 0.204 e. The molecule has 0 saturated heterocycles. The SMILES string of the molecule is CCC(=O)C(C)Oc1c(OC)cc(C)cc1OC. The fourth-order valence-corrected chi connectivity index (χ4v) is 1.66. The summed E-state index contributed by atoms with van der Waals surface area (Å²) in [5.41, 5.74) is 1.01. The summed E-state index contributed by atoms with van der Waals surface area (Å²) in [4.78, 5) is 11.6. The van der Waals surface area contributed by atoms with Crippen LogP contribution < -0.4 is 14.2 Å². The van der Waals surface area contributed by atoms with E-state index in [9.17, 15) is 4.79 Å². The van der Waals surface area contributed by atoms with Crippen LogP contribution in [0.5, 0.6) is 17.2 Å². The molecule has 0 amide bonds. The number of carbonyl (C=O) groups excluding carboxylic acids is 1. The molecule has 1 atom stereocenters. The number of ketones is 1. The fourth-order valence-electron chi connectivity index (χ4n) is 1.66. The molecule has 0 aliphatic carbocycles. The minimum Gasteiger partial charge on any atom is -0.493 e. The third kappa shape index (κ3) is 3.15. The van der Waals surface area contributed by atoms with Gasteiger partial charge in [-0.3, -0.25) is 4.79 Å². The van der Waals surface area contributed by atoms with E-state index in [1.807, 2.05) is 26.0 Å². The second-order valence-corrected chi connectivity index (χ2v) is 4.08. The maximum absolute atomic E-state index is 11.6. The Morgan fingerprint density at radius 2 is 1.72 bits per heavy atom. The lowest BCUT2D eigenvalue weighted by Crippen LogP contribution is -2.23. The number of hydrogen-bond donors (Lipinski definition) is 0. The molecular formula is C14H20O4. The molecule has 0 fully saturated rings. The highest BCUT2D eigenvalue weighted by Gasteiger charge is 2.19. The molecule has 0 aliphatic rings. The summed E-state index contributed by atoms with van der Waals surface area (Å²) in [6, 6.07) is 3.70. The average Bonchev–Trinajstić information content (AvgIpc) is 2.38. The van der Waals surface area contributed by atoms with Gasteiger partial charge in [0, 0.05) is 6.42 Å². The predicted molar refractivity (Wildman–Crippen MR) is 69.7 cm³/mol. The lowest BCUT2D eigenvalue weighted by molar-refractivity contribution is -0.124. The normalized spacial score (nSPS) is 11.8. The van der Waals surface area contributed by atoms with Crippen LogP contribution >= 0.6 is 0 Å². The van der Waals surface area contributed by atoms with Gasteiger partial charge in [0.1, 0.15) is 0 Å². The van der Waals surface area contributed by atoms with Crippen molar-refractivity contribution >= 4 is 5.78 Å². The Labute approximate surface area is 108 Å². The molecule has 1 unspecified atom stereocenters. The zero-order valence-corrected chi connectivity index (χ0v) is 11.6. The van der Waals surface area contributed by atoms with Gasteiger partial charge in [-0.15, -0.1) is 0 Å². The summed E-state index contributed by atoms with van der Waals surface area (Å²) in [7, 11) is 3.13. The Bertz CT molecular complexity index is 401. The van der Waals surface area contributed by atoms with E-state index in [-0.39, 0.29) is 5.78 Å². The van der Waals surface area contributed by atoms with Gasteiger partial charge >= 0.3 is 0 Å². The van der Waals surface area contributed by atoms with Crippen LogP contribution in [0.15, 0.2) is 12.1 Å². The molecule has 4 heteroatoms. The van der Waals surface area contributed by atoms with E-state index in [2.05, 4.69) is 0 Å². The first-order valence-corrected chi connectivity index (χ1v) is 5.95. The number of rotatable bonds is 6. The number of aryl methyl sites for hydroxylation is 1. The van der Waals surface area contributed by atoms with Crippen molar-refractivity contribution in [2.45, 2.75) is 33.3 Å². The van der Waals surface area contributed by atoms with Gasteiger partial charge in [-0.2, -0.15) is 0 Å². The van der Waals surface area contributed by atoms with Gasteiger partial charge in [0.2, 0.25) is 5.75 Å². The summed E-state index contributed by atoms with van der Waals surface area (Å²) in [5, 5.41) is 0. The molecule has 1 aromatic carbocycles. The fraction of sp³-hybridized carbons (Fsp3) is 0.500. The second-order valence-electron chi connectivity index (χ2n) is 4.08. The third-order valence-electron chi connectivity index (χ3n) is 2.70. The van der Waals surface area contributed by atoms with Crippen LogP contribution in [0.1, 0.15) is 25.8 Å². The zero-order valence-electron chi connectivity index (χ0n) is 11.6. The molecular weight excluding hydrogens is 232 g/mol. The quantitative estimate of drug-likeness (QED) is 0.781. The average molecular weight is 252 g/mol. The minimum atomic E-state index is -0.513. The molecule has 0 spiro atoms. The minimum absolute atomic E-state index is 0.0414. The molecule has 0 aromatic heterocycles. The standard InChI is InChI=1S/C14H20O4/c1-6-11(15)10(3)18-14-12(16-4)7-9(2)8-13(14)17-5/h7-8,10H,6H2,1-5H3. The molecule has 0 N–H and O–H groups in total. The van der Waals surface area contributed by atoms with E-state index in [0.717, 1.165) is 5.56 Å². The van der Waals surface area contributed by atoms with Crippen LogP contribution in [-0.4, -0.2) is 26.1 Å². The van der Waals surface area contributed by atoms with E-state index in [1.54, 1.807) is 21.1 Å². The van der Waals surface area contributed by atoms with Crippen LogP contribution in [0, 0.1) is 6.92 Å². The number of benzene rings is 1. The van der Waals surface area contributed by atoms with Gasteiger partial charge in [-0.25, -0.2) is 0 Å². The molecule has 4 nitrogen and oxygen atoms in total. The molecule has 0 saturated carbocycles. The van der Waals surface area contributed by atoms with Gasteiger partial charge in [0.15, 0.2) is 23.4 Å². The first-order chi connectivity index (χ1) is 8.53. The maximum Gasteiger partial charge on any atom is 0.204 e. The topological polar surface area (TPSA) is 44.8 Å². The number of ether oxygens (including phenoxy) is 3. The number of methoxy groups -OCH3 is 2. The first-order valence-electron chi connectivity index (χ1n) is 5.95. The van der Waals surface area contributed by atoms with E-state index in [1.165, 1.54) is 0 Å². The van der Waals surface area contributed by atoms with Crippen molar-refractivity contribution < 1.29 is 19.0 Å².